The Labute approximate surface area is 155 Å². The van der Waals surface area contributed by atoms with Crippen molar-refractivity contribution in [2.75, 3.05) is 25.4 Å². The van der Waals surface area contributed by atoms with Gasteiger partial charge in [-0.2, -0.15) is 5.06 Å². The van der Waals surface area contributed by atoms with Crippen molar-refractivity contribution in [2.45, 2.75) is 65.6 Å². The van der Waals surface area contributed by atoms with Crippen LogP contribution >= 0.6 is 12.0 Å². The van der Waals surface area contributed by atoms with E-state index in [2.05, 4.69) is 27.7 Å². The van der Waals surface area contributed by atoms with Gasteiger partial charge in [0, 0.05) is 37.3 Å². The number of hydroxylamine groups is 2. The summed E-state index contributed by atoms with van der Waals surface area (Å²) in [4.78, 5) is 17.3. The van der Waals surface area contributed by atoms with Crippen molar-refractivity contribution >= 4 is 18.0 Å². The first kappa shape index (κ1) is 19.4. The highest BCUT2D eigenvalue weighted by atomic mass is 32.2. The van der Waals surface area contributed by atoms with Crippen molar-refractivity contribution in [3.63, 3.8) is 0 Å². The zero-order valence-electron chi connectivity index (χ0n) is 15.8. The molecule has 3 aliphatic rings. The molecule has 2 bridgehead atoms. The summed E-state index contributed by atoms with van der Waals surface area (Å²) in [6.45, 7) is 10.5. The topological polar surface area (TPSA) is 57.2 Å². The Kier molecular flexibility index (Phi) is 5.71. The average molecular weight is 374 g/mol. The monoisotopic (exact) mass is 373 g/mol. The number of hydrogen-bond acceptors (Lipinski definition) is 7. The molecule has 0 radical (unpaired) electrons. The van der Waals surface area contributed by atoms with Crippen LogP contribution in [0.2, 0.25) is 0 Å². The standard InChI is InChI=1S/C18H31NO5S/c1-5-9-19(10-6-2)23-24-25-13-17-8-7-14(16(17,3)4)11-18(17)21-12-15(20)22-18/h14H,5-13H2,1-4H3. The fraction of sp³-hybridized carbons (Fsp3) is 0.944. The van der Waals surface area contributed by atoms with E-state index in [1.165, 1.54) is 12.0 Å². The predicted molar refractivity (Wildman–Crippen MR) is 95.1 cm³/mol. The van der Waals surface area contributed by atoms with Gasteiger partial charge in [0.1, 0.15) is 6.61 Å². The number of hydrogen-bond donors (Lipinski definition) is 0. The Balaban J connectivity index is 1.63. The zero-order valence-corrected chi connectivity index (χ0v) is 16.7. The number of nitrogens with zero attached hydrogens (tertiary/aromatic N) is 1. The fourth-order valence-corrected chi connectivity index (χ4v) is 6.16. The van der Waals surface area contributed by atoms with Crippen LogP contribution in [0.3, 0.4) is 0 Å². The van der Waals surface area contributed by atoms with E-state index in [9.17, 15) is 4.79 Å². The average Bonchev–Trinajstić information content (AvgIpc) is 3.10. The van der Waals surface area contributed by atoms with Crippen LogP contribution in [0.4, 0.5) is 0 Å². The van der Waals surface area contributed by atoms with Crippen molar-refractivity contribution < 1.29 is 23.6 Å². The number of rotatable bonds is 9. The van der Waals surface area contributed by atoms with Crippen LogP contribution < -0.4 is 0 Å². The zero-order chi connectivity index (χ0) is 18.1. The van der Waals surface area contributed by atoms with Gasteiger partial charge in [0.15, 0.2) is 0 Å². The Hall–Kier alpha value is -0.340. The highest BCUT2D eigenvalue weighted by molar-refractivity contribution is 7.94. The van der Waals surface area contributed by atoms with Crippen LogP contribution in [0, 0.1) is 16.7 Å². The highest BCUT2D eigenvalue weighted by Gasteiger charge is 2.75. The van der Waals surface area contributed by atoms with Crippen LogP contribution in [-0.2, 0) is 23.6 Å². The molecule has 1 aliphatic heterocycles. The lowest BCUT2D eigenvalue weighted by atomic mass is 9.68. The third-order valence-corrected chi connectivity index (χ3v) is 7.32. The van der Waals surface area contributed by atoms with Crippen molar-refractivity contribution in [1.29, 1.82) is 0 Å². The van der Waals surface area contributed by atoms with E-state index in [0.717, 1.165) is 45.2 Å². The molecule has 0 amide bonds. The van der Waals surface area contributed by atoms with Gasteiger partial charge in [0.2, 0.25) is 5.79 Å². The maximum absolute atomic E-state index is 11.8. The molecule has 3 rings (SSSR count). The second-order valence-electron chi connectivity index (χ2n) is 8.09. The van der Waals surface area contributed by atoms with Crippen LogP contribution in [0.5, 0.6) is 0 Å². The lowest BCUT2D eigenvalue weighted by Gasteiger charge is -2.45. The molecule has 0 aromatic heterocycles. The van der Waals surface area contributed by atoms with E-state index in [1.807, 2.05) is 5.06 Å². The van der Waals surface area contributed by atoms with Crippen LogP contribution in [-0.4, -0.2) is 42.3 Å². The Bertz CT molecular complexity index is 496. The molecule has 1 saturated heterocycles. The summed E-state index contributed by atoms with van der Waals surface area (Å²) in [5.74, 6) is 0.175. The molecule has 1 heterocycles. The van der Waals surface area contributed by atoms with E-state index < -0.39 is 5.79 Å². The minimum Gasteiger partial charge on any atom is -0.431 e. The number of carbonyl (C=O) groups is 1. The second-order valence-corrected chi connectivity index (χ2v) is 8.75. The van der Waals surface area contributed by atoms with Gasteiger partial charge >= 0.3 is 5.97 Å². The van der Waals surface area contributed by atoms with Gasteiger partial charge in [-0.3, -0.25) is 0 Å². The van der Waals surface area contributed by atoms with Gasteiger partial charge in [-0.15, -0.1) is 9.32 Å². The maximum atomic E-state index is 11.8. The SMILES string of the molecule is CCCN(CCC)OOSCC12CCC(CC13OCC(=O)O3)C2(C)C. The summed E-state index contributed by atoms with van der Waals surface area (Å²) in [6, 6.07) is 0. The highest BCUT2D eigenvalue weighted by Crippen LogP contribution is 2.72. The quantitative estimate of drug-likeness (QED) is 0.201. The first-order valence-electron chi connectivity index (χ1n) is 9.48. The van der Waals surface area contributed by atoms with E-state index in [-0.39, 0.29) is 23.4 Å². The van der Waals surface area contributed by atoms with E-state index in [0.29, 0.717) is 11.7 Å². The van der Waals surface area contributed by atoms with E-state index in [1.54, 1.807) is 0 Å². The first-order valence-corrected chi connectivity index (χ1v) is 10.4. The molecular weight excluding hydrogens is 342 g/mol. The predicted octanol–water partition coefficient (Wildman–Crippen LogP) is 3.72. The van der Waals surface area contributed by atoms with Crippen molar-refractivity contribution in [3.05, 3.63) is 0 Å². The number of carbonyl (C=O) groups excluding carboxylic acids is 1. The molecule has 2 aliphatic carbocycles. The molecule has 144 valence electrons. The minimum atomic E-state index is -0.778. The molecule has 0 aromatic rings. The first-order chi connectivity index (χ1) is 11.9. The molecule has 0 aromatic carbocycles. The summed E-state index contributed by atoms with van der Waals surface area (Å²) in [7, 11) is 0. The summed E-state index contributed by atoms with van der Waals surface area (Å²) in [5, 5.41) is 1.85. The smallest absolute Gasteiger partial charge is 0.334 e. The molecule has 3 unspecified atom stereocenters. The van der Waals surface area contributed by atoms with Crippen LogP contribution in [0.1, 0.15) is 59.8 Å². The maximum Gasteiger partial charge on any atom is 0.334 e. The second kappa shape index (κ2) is 7.35. The molecule has 25 heavy (non-hydrogen) atoms. The molecule has 6 nitrogen and oxygen atoms in total. The van der Waals surface area contributed by atoms with Crippen LogP contribution in [0.25, 0.3) is 0 Å². The molecular formula is C18H31NO5S. The molecule has 0 N–H and O–H groups in total. The summed E-state index contributed by atoms with van der Waals surface area (Å²) in [5.41, 5.74) is -0.189. The van der Waals surface area contributed by atoms with E-state index >= 15 is 0 Å². The van der Waals surface area contributed by atoms with Crippen LogP contribution in [0.15, 0.2) is 0 Å². The minimum absolute atomic E-state index is 0.0422. The van der Waals surface area contributed by atoms with Gasteiger partial charge in [-0.1, -0.05) is 27.7 Å². The van der Waals surface area contributed by atoms with Crippen molar-refractivity contribution in [2.24, 2.45) is 16.7 Å². The van der Waals surface area contributed by atoms with Gasteiger partial charge in [0.05, 0.1) is 5.41 Å². The Morgan fingerprint density at radius 1 is 1.28 bits per heavy atom. The Morgan fingerprint density at radius 3 is 2.56 bits per heavy atom. The van der Waals surface area contributed by atoms with Crippen molar-refractivity contribution in [1.82, 2.24) is 5.06 Å². The molecule has 1 spiro atoms. The largest absolute Gasteiger partial charge is 0.431 e. The summed E-state index contributed by atoms with van der Waals surface area (Å²) in [6.07, 6.45) is 4.96. The van der Waals surface area contributed by atoms with E-state index in [4.69, 9.17) is 18.8 Å². The van der Waals surface area contributed by atoms with Gasteiger partial charge < -0.3 is 9.47 Å². The third-order valence-electron chi connectivity index (χ3n) is 6.56. The van der Waals surface area contributed by atoms with Gasteiger partial charge in [0.25, 0.3) is 0 Å². The molecule has 3 atom stereocenters. The number of fused-ring (bicyclic) bond motifs is 3. The Morgan fingerprint density at radius 2 is 2.00 bits per heavy atom. The summed E-state index contributed by atoms with van der Waals surface area (Å²) >= 11 is 1.31. The van der Waals surface area contributed by atoms with Gasteiger partial charge in [-0.05, 0) is 37.0 Å². The molecule has 3 fully saturated rings. The third kappa shape index (κ3) is 3.12. The lowest BCUT2D eigenvalue weighted by molar-refractivity contribution is -0.360. The molecule has 2 saturated carbocycles. The normalized spacial score (nSPS) is 35.9. The lowest BCUT2D eigenvalue weighted by Crippen LogP contribution is -2.52. The van der Waals surface area contributed by atoms with Crippen molar-refractivity contribution in [3.8, 4) is 0 Å². The summed E-state index contributed by atoms with van der Waals surface area (Å²) < 4.78 is 17.2. The number of esters is 1. The fourth-order valence-electron chi connectivity index (χ4n) is 5.05. The number of ether oxygens (including phenoxy) is 2. The molecule has 7 heteroatoms. The van der Waals surface area contributed by atoms with Gasteiger partial charge in [-0.25, -0.2) is 4.79 Å².